The smallest absolute Gasteiger partial charge is 0.407 e. The molecule has 0 saturated carbocycles. The molecule has 1 heterocycles. The minimum atomic E-state index is -0.513. The van der Waals surface area contributed by atoms with E-state index in [0.717, 1.165) is 18.5 Å². The molecule has 1 aromatic heterocycles. The van der Waals surface area contributed by atoms with Gasteiger partial charge in [0.2, 0.25) is 0 Å². The predicted octanol–water partition coefficient (Wildman–Crippen LogP) is 6.94. The minimum absolute atomic E-state index is 0.149. The first-order valence-corrected chi connectivity index (χ1v) is 15.6. The highest BCUT2D eigenvalue weighted by Gasteiger charge is 2.03. The van der Waals surface area contributed by atoms with Crippen molar-refractivity contribution in [1.29, 1.82) is 0 Å². The number of pyridine rings is 1. The molecule has 40 heavy (non-hydrogen) atoms. The van der Waals surface area contributed by atoms with Gasteiger partial charge >= 0.3 is 12.2 Å². The Morgan fingerprint density at radius 2 is 1.10 bits per heavy atom. The Morgan fingerprint density at radius 3 is 1.60 bits per heavy atom. The van der Waals surface area contributed by atoms with Crippen LogP contribution in [0.3, 0.4) is 0 Å². The Hall–Kier alpha value is -2.39. The lowest BCUT2D eigenvalue weighted by Crippen LogP contribution is -2.26. The van der Waals surface area contributed by atoms with E-state index in [2.05, 4.69) is 22.5 Å². The van der Waals surface area contributed by atoms with E-state index < -0.39 is 12.2 Å². The molecule has 0 aliphatic heterocycles. The van der Waals surface area contributed by atoms with Crippen molar-refractivity contribution >= 4 is 12.2 Å². The molecule has 0 spiro atoms. The standard InChI is InChI=1S/C31H55N3O6/c1-2-3-4-5-6-7-8-9-10-11-12-13-14-15-17-21-33-30(35)39-26-24-37-22-23-38-25-27-40-31(36)34-28-29-19-16-18-20-32-29/h16,18-20H,2-15,17,21-28H2,1H3,(H,33,35)(H,34,36). The van der Waals surface area contributed by atoms with E-state index in [1.54, 1.807) is 6.20 Å². The average Bonchev–Trinajstić information content (AvgIpc) is 2.97. The Balaban J connectivity index is 1.73. The van der Waals surface area contributed by atoms with Crippen LogP contribution in [0.4, 0.5) is 9.59 Å². The predicted molar refractivity (Wildman–Crippen MR) is 158 cm³/mol. The molecule has 9 nitrogen and oxygen atoms in total. The zero-order chi connectivity index (χ0) is 28.8. The number of hydrogen-bond acceptors (Lipinski definition) is 7. The molecule has 0 aliphatic rings. The number of nitrogens with zero attached hydrogens (tertiary/aromatic N) is 1. The SMILES string of the molecule is CCCCCCCCCCCCCCCCCNC(=O)OCCOCCOCCOC(=O)NCc1ccccn1. The van der Waals surface area contributed by atoms with Crippen LogP contribution in [0.2, 0.25) is 0 Å². The fourth-order valence-electron chi connectivity index (χ4n) is 4.16. The van der Waals surface area contributed by atoms with E-state index in [0.29, 0.717) is 32.9 Å². The molecule has 0 atom stereocenters. The second kappa shape index (κ2) is 28.1. The van der Waals surface area contributed by atoms with E-state index in [-0.39, 0.29) is 19.8 Å². The van der Waals surface area contributed by atoms with Gasteiger partial charge in [0.05, 0.1) is 38.7 Å². The van der Waals surface area contributed by atoms with Crippen LogP contribution in [-0.2, 0) is 25.5 Å². The largest absolute Gasteiger partial charge is 0.447 e. The van der Waals surface area contributed by atoms with Crippen LogP contribution in [0, 0.1) is 0 Å². The van der Waals surface area contributed by atoms with Gasteiger partial charge in [-0.15, -0.1) is 0 Å². The molecule has 0 bridgehead atoms. The van der Waals surface area contributed by atoms with Crippen LogP contribution in [0.5, 0.6) is 0 Å². The van der Waals surface area contributed by atoms with Gasteiger partial charge in [-0.05, 0) is 18.6 Å². The van der Waals surface area contributed by atoms with Crippen LogP contribution < -0.4 is 10.6 Å². The highest BCUT2D eigenvalue weighted by atomic mass is 16.6. The summed E-state index contributed by atoms with van der Waals surface area (Å²) in [7, 11) is 0. The molecule has 9 heteroatoms. The summed E-state index contributed by atoms with van der Waals surface area (Å²) in [6.07, 6.45) is 20.6. The number of carbonyl (C=O) groups is 2. The van der Waals surface area contributed by atoms with E-state index in [4.69, 9.17) is 18.9 Å². The summed E-state index contributed by atoms with van der Waals surface area (Å²) in [6, 6.07) is 5.49. The molecule has 0 aromatic carbocycles. The summed E-state index contributed by atoms with van der Waals surface area (Å²) in [5.74, 6) is 0. The number of carbonyl (C=O) groups excluding carboxylic acids is 2. The van der Waals surface area contributed by atoms with Crippen molar-refractivity contribution in [2.75, 3.05) is 46.2 Å². The number of amides is 2. The van der Waals surface area contributed by atoms with Gasteiger partial charge in [0.25, 0.3) is 0 Å². The van der Waals surface area contributed by atoms with E-state index in [1.807, 2.05) is 18.2 Å². The van der Waals surface area contributed by atoms with Crippen LogP contribution in [0.15, 0.2) is 24.4 Å². The van der Waals surface area contributed by atoms with E-state index in [1.165, 1.54) is 83.5 Å². The van der Waals surface area contributed by atoms with Crippen molar-refractivity contribution in [3.05, 3.63) is 30.1 Å². The average molecular weight is 566 g/mol. The van der Waals surface area contributed by atoms with Crippen molar-refractivity contribution in [2.24, 2.45) is 0 Å². The molecule has 0 unspecified atom stereocenters. The molecule has 0 radical (unpaired) electrons. The number of hydrogen-bond donors (Lipinski definition) is 2. The number of alkyl carbamates (subject to hydrolysis) is 2. The van der Waals surface area contributed by atoms with E-state index in [9.17, 15) is 9.59 Å². The zero-order valence-corrected chi connectivity index (χ0v) is 25.0. The summed E-state index contributed by atoms with van der Waals surface area (Å²) in [6.45, 7) is 4.90. The molecule has 230 valence electrons. The first-order chi connectivity index (χ1) is 19.7. The second-order valence-corrected chi connectivity index (χ2v) is 10.0. The van der Waals surface area contributed by atoms with Crippen LogP contribution in [0.25, 0.3) is 0 Å². The lowest BCUT2D eigenvalue weighted by molar-refractivity contribution is 0.0155. The van der Waals surface area contributed by atoms with Gasteiger partial charge in [0.15, 0.2) is 0 Å². The summed E-state index contributed by atoms with van der Waals surface area (Å²) < 4.78 is 20.9. The molecule has 1 rings (SSSR count). The Morgan fingerprint density at radius 1 is 0.625 bits per heavy atom. The van der Waals surface area contributed by atoms with E-state index >= 15 is 0 Å². The number of unbranched alkanes of at least 4 members (excludes halogenated alkanes) is 14. The fraction of sp³-hybridized carbons (Fsp3) is 0.774. The van der Waals surface area contributed by atoms with Gasteiger partial charge in [0.1, 0.15) is 13.2 Å². The minimum Gasteiger partial charge on any atom is -0.447 e. The number of ether oxygens (including phenoxy) is 4. The van der Waals surface area contributed by atoms with Crippen LogP contribution in [0.1, 0.15) is 109 Å². The lowest BCUT2D eigenvalue weighted by Gasteiger charge is -2.09. The Kier molecular flexibility index (Phi) is 25.1. The maximum Gasteiger partial charge on any atom is 0.407 e. The van der Waals surface area contributed by atoms with Gasteiger partial charge in [-0.2, -0.15) is 0 Å². The molecule has 2 amide bonds. The number of nitrogens with one attached hydrogen (secondary N) is 2. The highest BCUT2D eigenvalue weighted by molar-refractivity contribution is 5.67. The van der Waals surface area contributed by atoms with Gasteiger partial charge in [-0.3, -0.25) is 4.98 Å². The summed E-state index contributed by atoms with van der Waals surface area (Å²) in [4.78, 5) is 27.4. The van der Waals surface area contributed by atoms with Crippen molar-refractivity contribution in [2.45, 2.75) is 110 Å². The summed E-state index contributed by atoms with van der Waals surface area (Å²) in [5.41, 5.74) is 0.759. The second-order valence-electron chi connectivity index (χ2n) is 10.0. The summed E-state index contributed by atoms with van der Waals surface area (Å²) >= 11 is 0. The fourth-order valence-corrected chi connectivity index (χ4v) is 4.16. The van der Waals surface area contributed by atoms with Crippen LogP contribution >= 0.6 is 0 Å². The van der Waals surface area contributed by atoms with Gasteiger partial charge in [-0.1, -0.05) is 103 Å². The molecule has 2 N–H and O–H groups in total. The Bertz CT molecular complexity index is 708. The lowest BCUT2D eigenvalue weighted by atomic mass is 10.0. The number of rotatable bonds is 27. The third-order valence-electron chi connectivity index (χ3n) is 6.48. The topological polar surface area (TPSA) is 108 Å². The number of aromatic nitrogens is 1. The highest BCUT2D eigenvalue weighted by Crippen LogP contribution is 2.13. The van der Waals surface area contributed by atoms with Gasteiger partial charge in [-0.25, -0.2) is 9.59 Å². The van der Waals surface area contributed by atoms with Crippen molar-refractivity contribution in [3.8, 4) is 0 Å². The molecule has 0 aliphatic carbocycles. The van der Waals surface area contributed by atoms with Crippen molar-refractivity contribution in [1.82, 2.24) is 15.6 Å². The molecular weight excluding hydrogens is 510 g/mol. The Labute approximate surface area is 242 Å². The third-order valence-corrected chi connectivity index (χ3v) is 6.48. The third kappa shape index (κ3) is 24.6. The molecular formula is C31H55N3O6. The zero-order valence-electron chi connectivity index (χ0n) is 25.0. The molecule has 0 saturated heterocycles. The first kappa shape index (κ1) is 35.6. The maximum atomic E-state index is 11.7. The normalized spacial score (nSPS) is 10.8. The van der Waals surface area contributed by atoms with Gasteiger partial charge in [0, 0.05) is 12.7 Å². The quantitative estimate of drug-likeness (QED) is 0.111. The van der Waals surface area contributed by atoms with Crippen molar-refractivity contribution < 1.29 is 28.5 Å². The summed E-state index contributed by atoms with van der Waals surface area (Å²) in [5, 5.41) is 5.41. The van der Waals surface area contributed by atoms with Crippen LogP contribution in [-0.4, -0.2) is 63.4 Å². The first-order valence-electron chi connectivity index (χ1n) is 15.6. The van der Waals surface area contributed by atoms with Gasteiger partial charge < -0.3 is 29.6 Å². The molecule has 1 aromatic rings. The molecule has 0 fully saturated rings. The van der Waals surface area contributed by atoms with Crippen molar-refractivity contribution in [3.63, 3.8) is 0 Å². The monoisotopic (exact) mass is 565 g/mol. The maximum absolute atomic E-state index is 11.7.